The van der Waals surface area contributed by atoms with Gasteiger partial charge in [0.2, 0.25) is 10.8 Å². The Balaban J connectivity index is 2.14. The molecule has 6 nitrogen and oxygen atoms in total. The Bertz CT molecular complexity index is 788. The van der Waals surface area contributed by atoms with Gasteiger partial charge in [0.15, 0.2) is 0 Å². The van der Waals surface area contributed by atoms with E-state index in [0.717, 1.165) is 0 Å². The van der Waals surface area contributed by atoms with Gasteiger partial charge in [0.25, 0.3) is 0 Å². The van der Waals surface area contributed by atoms with Crippen LogP contribution in [0.3, 0.4) is 0 Å². The third kappa shape index (κ3) is 2.45. The highest BCUT2D eigenvalue weighted by atomic mass is 32.1. The van der Waals surface area contributed by atoms with Crippen LogP contribution in [-0.2, 0) is 0 Å². The van der Waals surface area contributed by atoms with Crippen molar-refractivity contribution in [3.8, 4) is 5.88 Å². The first-order chi connectivity index (χ1) is 10.6. The molecule has 0 fully saturated rings. The van der Waals surface area contributed by atoms with Gasteiger partial charge in [-0.1, -0.05) is 29.5 Å². The number of hydrogen-bond donors (Lipinski definition) is 2. The number of benzene rings is 1. The molecule has 0 spiro atoms. The van der Waals surface area contributed by atoms with Gasteiger partial charge in [-0.05, 0) is 13.1 Å². The molecule has 0 aliphatic rings. The summed E-state index contributed by atoms with van der Waals surface area (Å²) in [6.45, 7) is 0.273. The zero-order chi connectivity index (χ0) is 15.7. The SMILES string of the molecule is CN(CCO)C(c1ccccc1F)c1sc2ncnn2c1O. The molecule has 0 aliphatic carbocycles. The maximum absolute atomic E-state index is 14.2. The molecule has 2 heterocycles. The van der Waals surface area contributed by atoms with E-state index in [0.29, 0.717) is 21.9 Å². The van der Waals surface area contributed by atoms with E-state index in [1.165, 1.54) is 28.2 Å². The minimum absolute atomic E-state index is 0.0597. The van der Waals surface area contributed by atoms with E-state index in [2.05, 4.69) is 10.1 Å². The van der Waals surface area contributed by atoms with Crippen molar-refractivity contribution in [1.29, 1.82) is 0 Å². The summed E-state index contributed by atoms with van der Waals surface area (Å²) < 4.78 is 15.6. The van der Waals surface area contributed by atoms with Crippen LogP contribution >= 0.6 is 11.3 Å². The second-order valence-corrected chi connectivity index (χ2v) is 5.88. The van der Waals surface area contributed by atoms with Crippen LogP contribution in [0, 0.1) is 5.82 Å². The number of aliphatic hydroxyl groups excluding tert-OH is 1. The van der Waals surface area contributed by atoms with Gasteiger partial charge in [-0.15, -0.1) is 0 Å². The number of likely N-dealkylation sites (N-methyl/N-ethyl adjacent to an activating group) is 1. The van der Waals surface area contributed by atoms with E-state index < -0.39 is 6.04 Å². The number of hydrogen-bond acceptors (Lipinski definition) is 6. The van der Waals surface area contributed by atoms with E-state index in [1.807, 2.05) is 0 Å². The van der Waals surface area contributed by atoms with Crippen LogP contribution in [-0.4, -0.2) is 49.9 Å². The van der Waals surface area contributed by atoms with E-state index in [9.17, 15) is 14.6 Å². The molecular weight excluding hydrogens is 307 g/mol. The molecule has 0 saturated heterocycles. The fourth-order valence-electron chi connectivity index (χ4n) is 2.43. The molecule has 8 heteroatoms. The topological polar surface area (TPSA) is 73.9 Å². The Morgan fingerprint density at radius 2 is 2.18 bits per heavy atom. The molecule has 0 aliphatic heterocycles. The fourth-order valence-corrected chi connectivity index (χ4v) is 3.55. The van der Waals surface area contributed by atoms with Gasteiger partial charge in [-0.3, -0.25) is 4.90 Å². The molecule has 0 radical (unpaired) electrons. The van der Waals surface area contributed by atoms with Crippen molar-refractivity contribution in [3.05, 3.63) is 46.9 Å². The van der Waals surface area contributed by atoms with Crippen LogP contribution in [0.4, 0.5) is 4.39 Å². The summed E-state index contributed by atoms with van der Waals surface area (Å²) in [5.41, 5.74) is 0.429. The van der Waals surface area contributed by atoms with Crippen molar-refractivity contribution >= 4 is 16.3 Å². The second kappa shape index (κ2) is 5.99. The van der Waals surface area contributed by atoms with Crippen LogP contribution < -0.4 is 0 Å². The highest BCUT2D eigenvalue weighted by molar-refractivity contribution is 7.17. The van der Waals surface area contributed by atoms with Crippen LogP contribution in [0.25, 0.3) is 4.96 Å². The first-order valence-electron chi connectivity index (χ1n) is 6.70. The van der Waals surface area contributed by atoms with E-state index in [1.54, 1.807) is 30.1 Å². The lowest BCUT2D eigenvalue weighted by Crippen LogP contribution is -2.28. The van der Waals surface area contributed by atoms with Gasteiger partial charge < -0.3 is 10.2 Å². The first kappa shape index (κ1) is 14.9. The maximum atomic E-state index is 14.2. The average Bonchev–Trinajstić information content (AvgIpc) is 3.06. The summed E-state index contributed by atoms with van der Waals surface area (Å²) in [6.07, 6.45) is 1.35. The zero-order valence-electron chi connectivity index (χ0n) is 11.8. The molecule has 2 aromatic heterocycles. The number of thiazole rings is 1. The van der Waals surface area contributed by atoms with Gasteiger partial charge in [0.05, 0.1) is 17.5 Å². The highest BCUT2D eigenvalue weighted by Gasteiger charge is 2.28. The van der Waals surface area contributed by atoms with Gasteiger partial charge in [-0.25, -0.2) is 9.37 Å². The lowest BCUT2D eigenvalue weighted by molar-refractivity contribution is 0.194. The number of aliphatic hydroxyl groups is 1. The molecule has 116 valence electrons. The van der Waals surface area contributed by atoms with Crippen molar-refractivity contribution in [2.45, 2.75) is 6.04 Å². The van der Waals surface area contributed by atoms with Crippen molar-refractivity contribution in [3.63, 3.8) is 0 Å². The molecule has 1 aromatic carbocycles. The third-order valence-electron chi connectivity index (χ3n) is 3.48. The number of aromatic hydroxyl groups is 1. The number of halogens is 1. The Kier molecular flexibility index (Phi) is 4.06. The smallest absolute Gasteiger partial charge is 0.230 e. The summed E-state index contributed by atoms with van der Waals surface area (Å²) in [4.78, 5) is 6.91. The summed E-state index contributed by atoms with van der Waals surface area (Å²) in [5, 5.41) is 23.5. The predicted molar refractivity (Wildman–Crippen MR) is 80.5 cm³/mol. The number of aromatic nitrogens is 3. The minimum atomic E-state index is -0.526. The lowest BCUT2D eigenvalue weighted by atomic mass is 10.0. The molecule has 1 unspecified atom stereocenters. The van der Waals surface area contributed by atoms with Crippen LogP contribution in [0.1, 0.15) is 16.5 Å². The highest BCUT2D eigenvalue weighted by Crippen LogP contribution is 2.39. The lowest BCUT2D eigenvalue weighted by Gasteiger charge is -2.27. The molecular formula is C14H15FN4O2S. The number of rotatable bonds is 5. The van der Waals surface area contributed by atoms with Gasteiger partial charge in [0, 0.05) is 12.1 Å². The van der Waals surface area contributed by atoms with E-state index in [-0.39, 0.29) is 18.3 Å². The molecule has 0 amide bonds. The van der Waals surface area contributed by atoms with Gasteiger partial charge in [0.1, 0.15) is 12.1 Å². The molecule has 3 aromatic rings. The van der Waals surface area contributed by atoms with E-state index >= 15 is 0 Å². The predicted octanol–water partition coefficient (Wildman–Crippen LogP) is 1.65. The van der Waals surface area contributed by atoms with Crippen LogP contribution in [0.2, 0.25) is 0 Å². The summed E-state index contributed by atoms with van der Waals surface area (Å²) in [7, 11) is 1.77. The normalized spacial score (nSPS) is 13.1. The molecule has 1 atom stereocenters. The summed E-state index contributed by atoms with van der Waals surface area (Å²) in [5.74, 6) is -0.425. The van der Waals surface area contributed by atoms with Crippen molar-refractivity contribution in [1.82, 2.24) is 19.5 Å². The first-order valence-corrected chi connectivity index (χ1v) is 7.52. The second-order valence-electron chi connectivity index (χ2n) is 4.87. The monoisotopic (exact) mass is 322 g/mol. The number of fused-ring (bicyclic) bond motifs is 1. The Morgan fingerprint density at radius 3 is 2.86 bits per heavy atom. The zero-order valence-corrected chi connectivity index (χ0v) is 12.7. The molecule has 0 saturated carbocycles. The largest absolute Gasteiger partial charge is 0.492 e. The Morgan fingerprint density at radius 1 is 1.41 bits per heavy atom. The van der Waals surface area contributed by atoms with E-state index in [4.69, 9.17) is 0 Å². The molecule has 2 N–H and O–H groups in total. The third-order valence-corrected chi connectivity index (χ3v) is 4.57. The summed E-state index contributed by atoms with van der Waals surface area (Å²) >= 11 is 1.25. The minimum Gasteiger partial charge on any atom is -0.492 e. The Hall–Kier alpha value is -2.03. The maximum Gasteiger partial charge on any atom is 0.230 e. The van der Waals surface area contributed by atoms with Crippen LogP contribution in [0.15, 0.2) is 30.6 Å². The van der Waals surface area contributed by atoms with Gasteiger partial charge >= 0.3 is 0 Å². The molecule has 22 heavy (non-hydrogen) atoms. The van der Waals surface area contributed by atoms with Gasteiger partial charge in [-0.2, -0.15) is 9.61 Å². The average molecular weight is 322 g/mol. The fraction of sp³-hybridized carbons (Fsp3) is 0.286. The van der Waals surface area contributed by atoms with Crippen molar-refractivity contribution in [2.75, 3.05) is 20.2 Å². The van der Waals surface area contributed by atoms with Crippen LogP contribution in [0.5, 0.6) is 5.88 Å². The molecule has 0 bridgehead atoms. The summed E-state index contributed by atoms with van der Waals surface area (Å²) in [6, 6.07) is 5.88. The molecule has 3 rings (SSSR count). The van der Waals surface area contributed by atoms with Crippen molar-refractivity contribution < 1.29 is 14.6 Å². The Labute approximate surface area is 130 Å². The van der Waals surface area contributed by atoms with Crippen molar-refractivity contribution in [2.24, 2.45) is 0 Å². The number of nitrogens with zero attached hydrogens (tertiary/aromatic N) is 4. The quantitative estimate of drug-likeness (QED) is 0.747. The standard InChI is InChI=1S/C14H15FN4O2S/c1-18(6-7-20)11(9-4-2-3-5-10(9)15)12-13(21)19-14(22-12)16-8-17-19/h2-5,8,11,20-21H,6-7H2,1H3.